The van der Waals surface area contributed by atoms with Gasteiger partial charge in [-0.25, -0.2) is 9.18 Å². The molecule has 0 fully saturated rings. The minimum Gasteiger partial charge on any atom is -0.465 e. The van der Waals surface area contributed by atoms with Gasteiger partial charge >= 0.3 is 5.97 Å². The minimum absolute atomic E-state index is 0.0982. The fraction of sp³-hybridized carbons (Fsp3) is 0.286. The molecule has 0 radical (unpaired) electrons. The maximum absolute atomic E-state index is 14.2. The van der Waals surface area contributed by atoms with E-state index >= 15 is 0 Å². The molecule has 0 bridgehead atoms. The Morgan fingerprint density at radius 3 is 2.79 bits per heavy atom. The molecule has 0 saturated heterocycles. The van der Waals surface area contributed by atoms with Crippen LogP contribution in [0.5, 0.6) is 0 Å². The highest BCUT2D eigenvalue weighted by Gasteiger charge is 2.21. The third-order valence-electron chi connectivity index (χ3n) is 3.55. The third-order valence-corrected chi connectivity index (χ3v) is 3.55. The molecule has 0 amide bonds. The molecule has 1 aliphatic carbocycles. The number of aromatic nitrogens is 1. The molecule has 19 heavy (non-hydrogen) atoms. The second-order valence-electron chi connectivity index (χ2n) is 4.64. The van der Waals surface area contributed by atoms with Gasteiger partial charge in [0.25, 0.3) is 5.56 Å². The summed E-state index contributed by atoms with van der Waals surface area (Å²) in [6, 6.07) is 2.62. The number of hydrogen-bond acceptors (Lipinski definition) is 3. The number of hydrogen-bond donors (Lipinski definition) is 1. The Balaban J connectivity index is 2.36. The Morgan fingerprint density at radius 1 is 1.32 bits per heavy atom. The third kappa shape index (κ3) is 1.73. The summed E-state index contributed by atoms with van der Waals surface area (Å²) >= 11 is 0. The predicted molar refractivity (Wildman–Crippen MR) is 67.9 cm³/mol. The van der Waals surface area contributed by atoms with E-state index in [4.69, 9.17) is 0 Å². The Bertz CT molecular complexity index is 748. The fourth-order valence-electron chi connectivity index (χ4n) is 2.72. The highest BCUT2D eigenvalue weighted by Crippen LogP contribution is 2.29. The van der Waals surface area contributed by atoms with Gasteiger partial charge in [0.15, 0.2) is 0 Å². The monoisotopic (exact) mass is 261 g/mol. The van der Waals surface area contributed by atoms with E-state index < -0.39 is 11.8 Å². The molecule has 5 heteroatoms. The Kier molecular flexibility index (Phi) is 2.62. The van der Waals surface area contributed by atoms with Gasteiger partial charge in [0.2, 0.25) is 0 Å². The van der Waals surface area contributed by atoms with E-state index in [-0.39, 0.29) is 11.1 Å². The Labute approximate surface area is 108 Å². The second-order valence-corrected chi connectivity index (χ2v) is 4.64. The van der Waals surface area contributed by atoms with Crippen LogP contribution in [0.25, 0.3) is 10.9 Å². The summed E-state index contributed by atoms with van der Waals surface area (Å²) in [5.74, 6) is -1.12. The highest BCUT2D eigenvalue weighted by atomic mass is 19.1. The van der Waals surface area contributed by atoms with Crippen molar-refractivity contribution in [2.75, 3.05) is 7.11 Å². The van der Waals surface area contributed by atoms with Crippen LogP contribution in [0.15, 0.2) is 16.9 Å². The molecule has 0 spiro atoms. The molecular formula is C14H12FNO3. The van der Waals surface area contributed by atoms with Crippen LogP contribution < -0.4 is 5.56 Å². The van der Waals surface area contributed by atoms with Crippen LogP contribution in [0.1, 0.15) is 27.9 Å². The number of pyridine rings is 1. The lowest BCUT2D eigenvalue weighted by Gasteiger charge is -2.08. The fourth-order valence-corrected chi connectivity index (χ4v) is 2.72. The van der Waals surface area contributed by atoms with Crippen LogP contribution in [-0.4, -0.2) is 18.1 Å². The van der Waals surface area contributed by atoms with Gasteiger partial charge in [0.05, 0.1) is 18.2 Å². The molecule has 1 N–H and O–H groups in total. The predicted octanol–water partition coefficient (Wildman–Crippen LogP) is 1.94. The first-order chi connectivity index (χ1) is 9.11. The number of benzene rings is 1. The molecule has 1 heterocycles. The molecule has 1 aromatic carbocycles. The molecule has 0 unspecified atom stereocenters. The number of esters is 1. The van der Waals surface area contributed by atoms with Crippen molar-refractivity contribution in [2.45, 2.75) is 19.3 Å². The first kappa shape index (κ1) is 11.9. The van der Waals surface area contributed by atoms with Crippen molar-refractivity contribution in [1.29, 1.82) is 0 Å². The van der Waals surface area contributed by atoms with Crippen molar-refractivity contribution in [1.82, 2.24) is 4.98 Å². The number of H-pyrrole nitrogens is 1. The zero-order valence-corrected chi connectivity index (χ0v) is 10.4. The van der Waals surface area contributed by atoms with Gasteiger partial charge in [0.1, 0.15) is 5.82 Å². The standard InChI is InChI=1S/C14H12FNO3/c1-19-14(18)7-5-10(15)12-8-3-2-4-9(8)13(17)16-11(12)6-7/h5-6H,2-4H2,1H3,(H,16,17). The lowest BCUT2D eigenvalue weighted by molar-refractivity contribution is 0.0600. The number of carbonyl (C=O) groups is 1. The molecule has 3 rings (SSSR count). The van der Waals surface area contributed by atoms with Gasteiger partial charge in [-0.05, 0) is 37.0 Å². The molecule has 98 valence electrons. The Hall–Kier alpha value is -2.17. The topological polar surface area (TPSA) is 59.2 Å². The van der Waals surface area contributed by atoms with Crippen molar-refractivity contribution in [3.63, 3.8) is 0 Å². The zero-order chi connectivity index (χ0) is 13.6. The number of nitrogens with one attached hydrogen (secondary N) is 1. The lowest BCUT2D eigenvalue weighted by atomic mass is 10.0. The van der Waals surface area contributed by atoms with E-state index in [2.05, 4.69) is 9.72 Å². The SMILES string of the molecule is COC(=O)c1cc(F)c2c3c(c(=O)[nH]c2c1)CCC3. The number of fused-ring (bicyclic) bond motifs is 3. The quantitative estimate of drug-likeness (QED) is 0.798. The summed E-state index contributed by atoms with van der Waals surface area (Å²) in [7, 11) is 1.23. The van der Waals surface area contributed by atoms with Gasteiger partial charge in [-0.3, -0.25) is 4.79 Å². The van der Waals surface area contributed by atoms with Crippen LogP contribution in [0.2, 0.25) is 0 Å². The first-order valence-corrected chi connectivity index (χ1v) is 6.07. The summed E-state index contributed by atoms with van der Waals surface area (Å²) in [5.41, 5.74) is 1.69. The van der Waals surface area contributed by atoms with E-state index in [1.807, 2.05) is 0 Å². The Morgan fingerprint density at radius 2 is 2.05 bits per heavy atom. The molecule has 1 aliphatic rings. The minimum atomic E-state index is -0.623. The van der Waals surface area contributed by atoms with E-state index in [9.17, 15) is 14.0 Å². The van der Waals surface area contributed by atoms with Gasteiger partial charge in [-0.2, -0.15) is 0 Å². The number of aromatic amines is 1. The van der Waals surface area contributed by atoms with Gasteiger partial charge in [-0.1, -0.05) is 0 Å². The van der Waals surface area contributed by atoms with Gasteiger partial charge in [0, 0.05) is 10.9 Å². The van der Waals surface area contributed by atoms with Crippen LogP contribution >= 0.6 is 0 Å². The van der Waals surface area contributed by atoms with Crippen molar-refractivity contribution in [3.05, 3.63) is 45.0 Å². The van der Waals surface area contributed by atoms with E-state index in [0.717, 1.165) is 18.1 Å². The number of carbonyl (C=O) groups excluding carboxylic acids is 1. The van der Waals surface area contributed by atoms with Crippen molar-refractivity contribution in [3.8, 4) is 0 Å². The summed E-state index contributed by atoms with van der Waals surface area (Å²) < 4.78 is 18.8. The van der Waals surface area contributed by atoms with Gasteiger partial charge < -0.3 is 9.72 Å². The molecule has 0 aliphatic heterocycles. The summed E-state index contributed by atoms with van der Waals surface area (Å²) in [6.45, 7) is 0. The van der Waals surface area contributed by atoms with E-state index in [1.54, 1.807) is 0 Å². The average Bonchev–Trinajstić information content (AvgIpc) is 2.86. The van der Waals surface area contributed by atoms with Crippen LogP contribution in [0, 0.1) is 5.82 Å². The van der Waals surface area contributed by atoms with Crippen molar-refractivity contribution in [2.24, 2.45) is 0 Å². The summed E-state index contributed by atoms with van der Waals surface area (Å²) in [5, 5.41) is 0.416. The summed E-state index contributed by atoms with van der Waals surface area (Å²) in [6.07, 6.45) is 2.23. The van der Waals surface area contributed by atoms with Crippen molar-refractivity contribution < 1.29 is 13.9 Å². The average molecular weight is 261 g/mol. The molecule has 0 saturated carbocycles. The molecule has 4 nitrogen and oxygen atoms in total. The number of rotatable bonds is 1. The van der Waals surface area contributed by atoms with Crippen LogP contribution in [-0.2, 0) is 17.6 Å². The number of halogens is 1. The van der Waals surface area contributed by atoms with E-state index in [0.29, 0.717) is 29.3 Å². The molecule has 0 atom stereocenters. The van der Waals surface area contributed by atoms with Crippen molar-refractivity contribution >= 4 is 16.9 Å². The normalized spacial score (nSPS) is 13.6. The van der Waals surface area contributed by atoms with Crippen LogP contribution in [0.4, 0.5) is 4.39 Å². The lowest BCUT2D eigenvalue weighted by Crippen LogP contribution is -2.14. The number of aryl methyl sites for hydroxylation is 1. The highest BCUT2D eigenvalue weighted by molar-refractivity contribution is 5.95. The first-order valence-electron chi connectivity index (χ1n) is 6.07. The molecular weight excluding hydrogens is 249 g/mol. The maximum atomic E-state index is 14.2. The second kappa shape index (κ2) is 4.19. The van der Waals surface area contributed by atoms with E-state index in [1.165, 1.54) is 13.2 Å². The molecule has 1 aromatic heterocycles. The number of methoxy groups -OCH3 is 1. The molecule has 2 aromatic rings. The summed E-state index contributed by atoms with van der Waals surface area (Å²) in [4.78, 5) is 26.0. The zero-order valence-electron chi connectivity index (χ0n) is 10.4. The maximum Gasteiger partial charge on any atom is 0.338 e. The van der Waals surface area contributed by atoms with Gasteiger partial charge in [-0.15, -0.1) is 0 Å². The largest absolute Gasteiger partial charge is 0.465 e. The number of ether oxygens (including phenoxy) is 1. The smallest absolute Gasteiger partial charge is 0.338 e. The van der Waals surface area contributed by atoms with Crippen LogP contribution in [0.3, 0.4) is 0 Å².